The Morgan fingerprint density at radius 2 is 1.88 bits per heavy atom. The summed E-state index contributed by atoms with van der Waals surface area (Å²) < 4.78 is 0. The summed E-state index contributed by atoms with van der Waals surface area (Å²) in [7, 11) is 0. The zero-order chi connectivity index (χ0) is 22.0. The highest BCUT2D eigenvalue weighted by Crippen LogP contribution is 2.33. The van der Waals surface area contributed by atoms with Gasteiger partial charge in [-0.25, -0.2) is 0 Å². The van der Waals surface area contributed by atoms with Gasteiger partial charge in [0, 0.05) is 47.0 Å². The SMILES string of the molecule is CC(C)(C)NC1CCN(c2ccnc3c(O)cccc23)C(NCc2ccc(Cl)cc2)C1.Cl. The van der Waals surface area contributed by atoms with E-state index in [0.717, 1.165) is 42.0 Å². The van der Waals surface area contributed by atoms with E-state index in [1.165, 1.54) is 5.56 Å². The number of nitrogens with zero attached hydrogens (tertiary/aromatic N) is 2. The smallest absolute Gasteiger partial charge is 0.141 e. The molecule has 2 unspecified atom stereocenters. The molecule has 0 amide bonds. The average molecular weight is 475 g/mol. The van der Waals surface area contributed by atoms with Gasteiger partial charge in [-0.3, -0.25) is 10.3 Å². The molecule has 2 heterocycles. The van der Waals surface area contributed by atoms with Gasteiger partial charge in [-0.15, -0.1) is 12.4 Å². The highest BCUT2D eigenvalue weighted by atomic mass is 35.5. The lowest BCUT2D eigenvalue weighted by atomic mass is 9.96. The number of phenolic OH excluding ortho intramolecular Hbond substituents is 1. The Hall–Kier alpha value is -2.05. The molecule has 7 heteroatoms. The molecule has 1 aromatic heterocycles. The molecule has 2 atom stereocenters. The number of halogens is 2. The van der Waals surface area contributed by atoms with Crippen LogP contribution in [0.5, 0.6) is 5.75 Å². The van der Waals surface area contributed by atoms with Gasteiger partial charge in [0.25, 0.3) is 0 Å². The quantitative estimate of drug-likeness (QED) is 0.456. The average Bonchev–Trinajstić information content (AvgIpc) is 2.72. The number of aromatic nitrogens is 1. The first kappa shape index (κ1) is 24.6. The number of hydrogen-bond donors (Lipinski definition) is 3. The van der Waals surface area contributed by atoms with Crippen LogP contribution in [0.1, 0.15) is 39.2 Å². The van der Waals surface area contributed by atoms with Crippen LogP contribution in [-0.4, -0.2) is 34.4 Å². The molecule has 172 valence electrons. The summed E-state index contributed by atoms with van der Waals surface area (Å²) in [6.07, 6.45) is 3.97. The van der Waals surface area contributed by atoms with E-state index < -0.39 is 0 Å². The van der Waals surface area contributed by atoms with Crippen molar-refractivity contribution in [1.29, 1.82) is 0 Å². The van der Waals surface area contributed by atoms with E-state index in [1.807, 2.05) is 24.3 Å². The lowest BCUT2D eigenvalue weighted by molar-refractivity contribution is 0.269. The van der Waals surface area contributed by atoms with Crippen LogP contribution in [0.3, 0.4) is 0 Å². The second-order valence-corrected chi connectivity index (χ2v) is 9.77. The molecule has 1 aliphatic heterocycles. The van der Waals surface area contributed by atoms with Crippen LogP contribution >= 0.6 is 24.0 Å². The topological polar surface area (TPSA) is 60.4 Å². The summed E-state index contributed by atoms with van der Waals surface area (Å²) in [6, 6.07) is 16.1. The van der Waals surface area contributed by atoms with E-state index in [-0.39, 0.29) is 29.9 Å². The molecule has 1 fully saturated rings. The minimum Gasteiger partial charge on any atom is -0.506 e. The fourth-order valence-electron chi connectivity index (χ4n) is 4.42. The molecule has 1 aliphatic rings. The Balaban J connectivity index is 0.00000289. The Bertz CT molecular complexity index is 1040. The maximum atomic E-state index is 10.3. The molecule has 0 saturated carbocycles. The summed E-state index contributed by atoms with van der Waals surface area (Å²) in [5.74, 6) is 0.217. The summed E-state index contributed by atoms with van der Waals surface area (Å²) in [6.45, 7) is 8.33. The van der Waals surface area contributed by atoms with Crippen molar-refractivity contribution < 1.29 is 5.11 Å². The number of para-hydroxylation sites is 1. The van der Waals surface area contributed by atoms with Crippen molar-refractivity contribution in [2.24, 2.45) is 0 Å². The number of fused-ring (bicyclic) bond motifs is 1. The number of hydrogen-bond acceptors (Lipinski definition) is 5. The Kier molecular flexibility index (Phi) is 7.88. The number of anilines is 1. The van der Waals surface area contributed by atoms with Crippen molar-refractivity contribution in [2.45, 2.75) is 57.9 Å². The monoisotopic (exact) mass is 474 g/mol. The van der Waals surface area contributed by atoms with Crippen LogP contribution in [-0.2, 0) is 6.54 Å². The summed E-state index contributed by atoms with van der Waals surface area (Å²) in [5, 5.41) is 19.5. The number of phenols is 1. The zero-order valence-corrected chi connectivity index (χ0v) is 20.4. The Morgan fingerprint density at radius 3 is 2.59 bits per heavy atom. The van der Waals surface area contributed by atoms with Gasteiger partial charge in [-0.2, -0.15) is 0 Å². The normalized spacial score (nSPS) is 19.1. The summed E-state index contributed by atoms with van der Waals surface area (Å²) in [4.78, 5) is 6.82. The third kappa shape index (κ3) is 5.84. The lowest BCUT2D eigenvalue weighted by Gasteiger charge is -2.43. The van der Waals surface area contributed by atoms with E-state index in [4.69, 9.17) is 11.6 Å². The largest absolute Gasteiger partial charge is 0.506 e. The fraction of sp³-hybridized carbons (Fsp3) is 0.400. The lowest BCUT2D eigenvalue weighted by Crippen LogP contribution is -2.57. The maximum absolute atomic E-state index is 10.3. The van der Waals surface area contributed by atoms with Crippen molar-refractivity contribution in [3.63, 3.8) is 0 Å². The fourth-order valence-corrected chi connectivity index (χ4v) is 4.55. The van der Waals surface area contributed by atoms with Crippen LogP contribution in [0.2, 0.25) is 5.02 Å². The molecule has 32 heavy (non-hydrogen) atoms. The molecule has 0 bridgehead atoms. The second kappa shape index (κ2) is 10.3. The Labute approximate surface area is 201 Å². The van der Waals surface area contributed by atoms with E-state index in [2.05, 4.69) is 59.5 Å². The van der Waals surface area contributed by atoms with E-state index in [9.17, 15) is 5.11 Å². The van der Waals surface area contributed by atoms with Crippen LogP contribution in [0.25, 0.3) is 10.9 Å². The number of pyridine rings is 1. The zero-order valence-electron chi connectivity index (χ0n) is 18.8. The summed E-state index contributed by atoms with van der Waals surface area (Å²) in [5.41, 5.74) is 3.02. The third-order valence-corrected chi connectivity index (χ3v) is 5.98. The van der Waals surface area contributed by atoms with Crippen LogP contribution in [0.4, 0.5) is 5.69 Å². The van der Waals surface area contributed by atoms with Gasteiger partial charge in [-0.05, 0) is 63.4 Å². The van der Waals surface area contributed by atoms with Gasteiger partial charge >= 0.3 is 0 Å². The number of nitrogens with one attached hydrogen (secondary N) is 2. The van der Waals surface area contributed by atoms with Gasteiger partial charge in [0.2, 0.25) is 0 Å². The first-order valence-corrected chi connectivity index (χ1v) is 11.3. The van der Waals surface area contributed by atoms with E-state index in [0.29, 0.717) is 11.6 Å². The number of rotatable bonds is 5. The Morgan fingerprint density at radius 1 is 1.12 bits per heavy atom. The van der Waals surface area contributed by atoms with Crippen molar-refractivity contribution in [1.82, 2.24) is 15.6 Å². The predicted octanol–water partition coefficient (Wildman–Crippen LogP) is 5.49. The number of aromatic hydroxyl groups is 1. The van der Waals surface area contributed by atoms with Gasteiger partial charge in [0.15, 0.2) is 0 Å². The van der Waals surface area contributed by atoms with Gasteiger partial charge < -0.3 is 15.3 Å². The molecule has 3 N–H and O–H groups in total. The molecule has 1 saturated heterocycles. The first-order valence-electron chi connectivity index (χ1n) is 10.9. The van der Waals surface area contributed by atoms with Crippen molar-refractivity contribution in [3.05, 3.63) is 65.3 Å². The molecule has 4 rings (SSSR count). The minimum absolute atomic E-state index is 0. The van der Waals surface area contributed by atoms with E-state index in [1.54, 1.807) is 12.3 Å². The highest BCUT2D eigenvalue weighted by Gasteiger charge is 2.31. The molecule has 2 aromatic carbocycles. The maximum Gasteiger partial charge on any atom is 0.141 e. The highest BCUT2D eigenvalue weighted by molar-refractivity contribution is 6.30. The van der Waals surface area contributed by atoms with Gasteiger partial charge in [-0.1, -0.05) is 35.9 Å². The number of piperidine rings is 1. The van der Waals surface area contributed by atoms with Crippen molar-refractivity contribution >= 4 is 40.6 Å². The minimum atomic E-state index is 0. The second-order valence-electron chi connectivity index (χ2n) is 9.34. The van der Waals surface area contributed by atoms with Crippen LogP contribution < -0.4 is 15.5 Å². The van der Waals surface area contributed by atoms with Crippen LogP contribution in [0, 0.1) is 0 Å². The molecular formula is C25H32Cl2N4O. The molecule has 0 spiro atoms. The molecule has 0 aliphatic carbocycles. The van der Waals surface area contributed by atoms with Gasteiger partial charge in [0.05, 0.1) is 6.17 Å². The third-order valence-electron chi connectivity index (χ3n) is 5.73. The number of benzene rings is 2. The standard InChI is InChI=1S/C25H31ClN4O.ClH/c1-25(2,3)29-19-12-14-30(21-11-13-27-24-20(21)5-4-6-22(24)31)23(15-19)28-16-17-7-9-18(26)10-8-17;/h4-11,13,19,23,28-29,31H,12,14-16H2,1-3H3;1H. The molecular weight excluding hydrogens is 443 g/mol. The van der Waals surface area contributed by atoms with Crippen molar-refractivity contribution in [2.75, 3.05) is 11.4 Å². The predicted molar refractivity (Wildman–Crippen MR) is 136 cm³/mol. The summed E-state index contributed by atoms with van der Waals surface area (Å²) >= 11 is 6.05. The van der Waals surface area contributed by atoms with E-state index >= 15 is 0 Å². The molecule has 5 nitrogen and oxygen atoms in total. The molecule has 3 aromatic rings. The van der Waals surface area contributed by atoms with Crippen LogP contribution in [0.15, 0.2) is 54.7 Å². The van der Waals surface area contributed by atoms with Gasteiger partial charge in [0.1, 0.15) is 11.3 Å². The molecule has 0 radical (unpaired) electrons. The first-order chi connectivity index (χ1) is 14.8. The van der Waals surface area contributed by atoms with Crippen molar-refractivity contribution in [3.8, 4) is 5.75 Å².